The summed E-state index contributed by atoms with van der Waals surface area (Å²) in [6.45, 7) is 0.823. The van der Waals surface area contributed by atoms with Gasteiger partial charge in [-0.15, -0.1) is 0 Å². The van der Waals surface area contributed by atoms with Gasteiger partial charge in [0.2, 0.25) is 0 Å². The Morgan fingerprint density at radius 3 is 2.67 bits per heavy atom. The van der Waals surface area contributed by atoms with Crippen molar-refractivity contribution in [3.63, 3.8) is 0 Å². The van der Waals surface area contributed by atoms with Gasteiger partial charge in [0.25, 0.3) is 0 Å². The van der Waals surface area contributed by atoms with E-state index in [9.17, 15) is 0 Å². The Balaban J connectivity index is 2.10. The third-order valence-electron chi connectivity index (χ3n) is 2.17. The molecule has 2 aromatic rings. The van der Waals surface area contributed by atoms with E-state index in [1.165, 1.54) is 5.56 Å². The minimum absolute atomic E-state index is 0.823. The van der Waals surface area contributed by atoms with Gasteiger partial charge in [0, 0.05) is 18.9 Å². The summed E-state index contributed by atoms with van der Waals surface area (Å²) in [5.74, 6) is 0. The maximum absolute atomic E-state index is 8.60. The molecule has 1 aromatic carbocycles. The molecule has 1 N–H and O–H groups in total. The zero-order valence-corrected chi connectivity index (χ0v) is 8.24. The van der Waals surface area contributed by atoms with Crippen LogP contribution in [-0.4, -0.2) is 14.7 Å². The number of hydrogen-bond acceptors (Lipinski definition) is 2. The summed E-state index contributed by atoms with van der Waals surface area (Å²) >= 11 is 0. The Morgan fingerprint density at radius 2 is 2.07 bits per heavy atom. The lowest BCUT2D eigenvalue weighted by Crippen LogP contribution is -1.95. The van der Waals surface area contributed by atoms with E-state index in [1.54, 1.807) is 18.6 Å². The first-order chi connectivity index (χ1) is 7.38. The summed E-state index contributed by atoms with van der Waals surface area (Å²) in [4.78, 5) is 3.98. The molecule has 0 saturated carbocycles. The largest absolute Gasteiger partial charge is 0.516 e. The number of benzene rings is 1. The average molecular weight is 200 g/mol. The van der Waals surface area contributed by atoms with Crippen LogP contribution in [0.1, 0.15) is 11.1 Å². The third-order valence-corrected chi connectivity index (χ3v) is 2.17. The molecule has 0 saturated heterocycles. The highest BCUT2D eigenvalue weighted by Gasteiger charge is 1.94. The molecule has 0 spiro atoms. The summed E-state index contributed by atoms with van der Waals surface area (Å²) in [5, 5.41) is 8.60. The lowest BCUT2D eigenvalue weighted by Gasteiger charge is -2.02. The minimum Gasteiger partial charge on any atom is -0.516 e. The molecule has 0 radical (unpaired) electrons. The molecule has 2 rings (SSSR count). The Morgan fingerprint density at radius 1 is 1.27 bits per heavy atom. The van der Waals surface area contributed by atoms with E-state index in [0.29, 0.717) is 0 Å². The van der Waals surface area contributed by atoms with E-state index in [1.807, 2.05) is 35.0 Å². The second-order valence-electron chi connectivity index (χ2n) is 3.29. The monoisotopic (exact) mass is 200 g/mol. The van der Waals surface area contributed by atoms with Gasteiger partial charge in [-0.25, -0.2) is 4.98 Å². The van der Waals surface area contributed by atoms with Crippen molar-refractivity contribution >= 4 is 6.08 Å². The van der Waals surface area contributed by atoms with Crippen molar-refractivity contribution in [3.05, 3.63) is 60.4 Å². The zero-order chi connectivity index (χ0) is 10.5. The lowest BCUT2D eigenvalue weighted by molar-refractivity contribution is 0.478. The van der Waals surface area contributed by atoms with Crippen LogP contribution < -0.4 is 0 Å². The molecule has 3 heteroatoms. The molecule has 0 aliphatic carbocycles. The fourth-order valence-corrected chi connectivity index (χ4v) is 1.41. The predicted molar refractivity (Wildman–Crippen MR) is 59.4 cm³/mol. The van der Waals surface area contributed by atoms with E-state index in [2.05, 4.69) is 4.98 Å². The van der Waals surface area contributed by atoms with Crippen molar-refractivity contribution in [2.24, 2.45) is 0 Å². The number of rotatable bonds is 3. The molecule has 76 valence electrons. The topological polar surface area (TPSA) is 38.0 Å². The number of aliphatic hydroxyl groups is 1. The van der Waals surface area contributed by atoms with Gasteiger partial charge in [-0.2, -0.15) is 0 Å². The van der Waals surface area contributed by atoms with Gasteiger partial charge in [-0.3, -0.25) is 0 Å². The molecular formula is C12H12N2O. The first-order valence-electron chi connectivity index (χ1n) is 4.74. The van der Waals surface area contributed by atoms with Gasteiger partial charge < -0.3 is 9.67 Å². The minimum atomic E-state index is 0.823. The molecule has 15 heavy (non-hydrogen) atoms. The summed E-state index contributed by atoms with van der Waals surface area (Å²) in [7, 11) is 0. The fraction of sp³-hybridized carbons (Fsp3) is 0.0833. The number of aliphatic hydroxyl groups excluding tert-OH is 1. The molecule has 1 heterocycles. The first-order valence-corrected chi connectivity index (χ1v) is 4.74. The van der Waals surface area contributed by atoms with Crippen LogP contribution in [0.2, 0.25) is 0 Å². The highest BCUT2D eigenvalue weighted by Crippen LogP contribution is 2.07. The second kappa shape index (κ2) is 4.46. The van der Waals surface area contributed by atoms with Gasteiger partial charge in [0.15, 0.2) is 0 Å². The van der Waals surface area contributed by atoms with Crippen LogP contribution >= 0.6 is 0 Å². The van der Waals surface area contributed by atoms with Crippen LogP contribution in [0.25, 0.3) is 6.08 Å². The molecule has 1 aromatic heterocycles. The molecule has 3 nitrogen and oxygen atoms in total. The Labute approximate surface area is 88.3 Å². The Hall–Kier alpha value is -2.03. The molecule has 0 bridgehead atoms. The van der Waals surface area contributed by atoms with Crippen LogP contribution in [0.5, 0.6) is 0 Å². The molecule has 0 unspecified atom stereocenters. The quantitative estimate of drug-likeness (QED) is 0.773. The Bertz CT molecular complexity index is 429. The van der Waals surface area contributed by atoms with E-state index < -0.39 is 0 Å². The van der Waals surface area contributed by atoms with E-state index >= 15 is 0 Å². The fourth-order valence-electron chi connectivity index (χ4n) is 1.41. The smallest absolute Gasteiger partial charge is 0.0949 e. The van der Waals surface area contributed by atoms with Crippen molar-refractivity contribution in [2.45, 2.75) is 6.54 Å². The highest BCUT2D eigenvalue weighted by molar-refractivity contribution is 5.48. The van der Waals surface area contributed by atoms with Crippen LogP contribution in [0.15, 0.2) is 49.2 Å². The van der Waals surface area contributed by atoms with E-state index in [4.69, 9.17) is 5.11 Å². The molecule has 0 amide bonds. The van der Waals surface area contributed by atoms with E-state index in [0.717, 1.165) is 18.4 Å². The second-order valence-corrected chi connectivity index (χ2v) is 3.29. The van der Waals surface area contributed by atoms with Crippen molar-refractivity contribution < 1.29 is 5.11 Å². The van der Waals surface area contributed by atoms with Crippen molar-refractivity contribution in [3.8, 4) is 0 Å². The van der Waals surface area contributed by atoms with Crippen molar-refractivity contribution in [1.29, 1.82) is 0 Å². The Kier molecular flexibility index (Phi) is 2.83. The van der Waals surface area contributed by atoms with Gasteiger partial charge in [-0.1, -0.05) is 24.3 Å². The normalized spacial score (nSPS) is 10.9. The zero-order valence-electron chi connectivity index (χ0n) is 8.24. The molecular weight excluding hydrogens is 188 g/mol. The van der Waals surface area contributed by atoms with E-state index in [-0.39, 0.29) is 0 Å². The molecule has 0 aliphatic heterocycles. The average Bonchev–Trinajstić information content (AvgIpc) is 2.74. The maximum Gasteiger partial charge on any atom is 0.0949 e. The number of imidazole rings is 1. The molecule has 0 fully saturated rings. The van der Waals surface area contributed by atoms with Crippen LogP contribution in [0.4, 0.5) is 0 Å². The SMILES string of the molecule is O/C=C/c1ccc(Cn2ccnc2)cc1. The van der Waals surface area contributed by atoms with Gasteiger partial charge in [0.05, 0.1) is 12.6 Å². The van der Waals surface area contributed by atoms with Gasteiger partial charge >= 0.3 is 0 Å². The maximum atomic E-state index is 8.60. The van der Waals surface area contributed by atoms with Gasteiger partial charge in [0.1, 0.15) is 0 Å². The molecule has 0 aliphatic rings. The van der Waals surface area contributed by atoms with Crippen molar-refractivity contribution in [2.75, 3.05) is 0 Å². The van der Waals surface area contributed by atoms with Crippen LogP contribution in [0.3, 0.4) is 0 Å². The van der Waals surface area contributed by atoms with Crippen LogP contribution in [-0.2, 0) is 6.54 Å². The highest BCUT2D eigenvalue weighted by atomic mass is 16.2. The lowest BCUT2D eigenvalue weighted by atomic mass is 10.1. The predicted octanol–water partition coefficient (Wildman–Crippen LogP) is 2.46. The third kappa shape index (κ3) is 2.47. The van der Waals surface area contributed by atoms with Gasteiger partial charge in [-0.05, 0) is 17.2 Å². The molecule has 0 atom stereocenters. The standard InChI is InChI=1S/C12H12N2O/c15-8-5-11-1-3-12(4-2-11)9-14-7-6-13-10-14/h1-8,10,15H,9H2/b8-5+. The van der Waals surface area contributed by atoms with Crippen molar-refractivity contribution in [1.82, 2.24) is 9.55 Å². The summed E-state index contributed by atoms with van der Waals surface area (Å²) < 4.78 is 2.01. The number of nitrogens with zero attached hydrogens (tertiary/aromatic N) is 2. The summed E-state index contributed by atoms with van der Waals surface area (Å²) in [5.41, 5.74) is 2.20. The number of hydrogen-bond donors (Lipinski definition) is 1. The summed E-state index contributed by atoms with van der Waals surface area (Å²) in [6, 6.07) is 8.02. The summed E-state index contributed by atoms with van der Waals surface area (Å²) in [6.07, 6.45) is 8.19. The van der Waals surface area contributed by atoms with Crippen LogP contribution in [0, 0.1) is 0 Å². The number of aromatic nitrogens is 2. The first kappa shape index (κ1) is 9.52.